The molecular formula is C25H25Cl2N3O4S. The molecule has 0 aliphatic carbocycles. The quantitative estimate of drug-likeness (QED) is 0.471. The van der Waals surface area contributed by atoms with Gasteiger partial charge in [0.25, 0.3) is 10.0 Å². The monoisotopic (exact) mass is 533 g/mol. The Morgan fingerprint density at radius 3 is 2.34 bits per heavy atom. The highest BCUT2D eigenvalue weighted by Crippen LogP contribution is 2.29. The van der Waals surface area contributed by atoms with Crippen LogP contribution < -0.4 is 15.2 Å². The number of hydrogen-bond donors (Lipinski definition) is 2. The van der Waals surface area contributed by atoms with Crippen LogP contribution in [0.2, 0.25) is 10.0 Å². The van der Waals surface area contributed by atoms with Crippen molar-refractivity contribution in [3.05, 3.63) is 87.9 Å². The SMILES string of the molecule is COc1ccc([C@@H]2CN(C(=O)Cc3ccc(NS(=O)(=O)c4ccc(Cl)c(Cl)c4)cc3)C[C@H]2N)cc1. The lowest BCUT2D eigenvalue weighted by Gasteiger charge is -2.17. The van der Waals surface area contributed by atoms with Gasteiger partial charge in [0, 0.05) is 30.7 Å². The number of amides is 1. The molecule has 1 aliphatic heterocycles. The molecule has 0 bridgehead atoms. The van der Waals surface area contributed by atoms with Crippen LogP contribution in [0.5, 0.6) is 5.75 Å². The molecular weight excluding hydrogens is 509 g/mol. The number of methoxy groups -OCH3 is 1. The minimum absolute atomic E-state index is 0.00272. The number of anilines is 1. The van der Waals surface area contributed by atoms with E-state index in [2.05, 4.69) is 4.72 Å². The van der Waals surface area contributed by atoms with Gasteiger partial charge in [-0.15, -0.1) is 0 Å². The number of nitrogens with one attached hydrogen (secondary N) is 1. The molecule has 1 amide bonds. The van der Waals surface area contributed by atoms with E-state index < -0.39 is 10.0 Å². The molecule has 1 fully saturated rings. The van der Waals surface area contributed by atoms with Gasteiger partial charge in [-0.05, 0) is 53.6 Å². The van der Waals surface area contributed by atoms with Crippen molar-refractivity contribution < 1.29 is 17.9 Å². The van der Waals surface area contributed by atoms with Gasteiger partial charge in [-0.25, -0.2) is 8.42 Å². The number of benzene rings is 3. The summed E-state index contributed by atoms with van der Waals surface area (Å²) in [5.74, 6) is 0.805. The lowest BCUT2D eigenvalue weighted by atomic mass is 9.95. The van der Waals surface area contributed by atoms with Crippen molar-refractivity contribution >= 4 is 44.8 Å². The Hall–Kier alpha value is -2.78. The Bertz CT molecular complexity index is 1320. The van der Waals surface area contributed by atoms with Crippen LogP contribution in [0.4, 0.5) is 5.69 Å². The fourth-order valence-corrected chi connectivity index (χ4v) is 5.52. The summed E-state index contributed by atoms with van der Waals surface area (Å²) in [4.78, 5) is 14.7. The van der Waals surface area contributed by atoms with E-state index in [9.17, 15) is 13.2 Å². The van der Waals surface area contributed by atoms with Crippen LogP contribution in [0.25, 0.3) is 0 Å². The fourth-order valence-electron chi connectivity index (χ4n) is 4.07. The number of nitrogens with two attached hydrogens (primary N) is 1. The predicted octanol–water partition coefficient (Wildman–Crippen LogP) is 4.30. The van der Waals surface area contributed by atoms with Gasteiger partial charge in [0.2, 0.25) is 5.91 Å². The molecule has 1 saturated heterocycles. The molecule has 0 aromatic heterocycles. The largest absolute Gasteiger partial charge is 0.497 e. The van der Waals surface area contributed by atoms with Crippen molar-refractivity contribution in [3.8, 4) is 5.75 Å². The summed E-state index contributed by atoms with van der Waals surface area (Å²) in [5.41, 5.74) is 8.56. The molecule has 0 saturated carbocycles. The summed E-state index contributed by atoms with van der Waals surface area (Å²) in [6, 6.07) is 18.4. The van der Waals surface area contributed by atoms with Gasteiger partial charge in [0.15, 0.2) is 0 Å². The van der Waals surface area contributed by atoms with Gasteiger partial charge in [-0.1, -0.05) is 47.5 Å². The maximum atomic E-state index is 12.9. The number of hydrogen-bond acceptors (Lipinski definition) is 5. The third-order valence-electron chi connectivity index (χ3n) is 6.02. The number of halogens is 2. The number of nitrogens with zero attached hydrogens (tertiary/aromatic N) is 1. The first-order chi connectivity index (χ1) is 16.7. The topological polar surface area (TPSA) is 102 Å². The average molecular weight is 534 g/mol. The second kappa shape index (κ2) is 10.5. The lowest BCUT2D eigenvalue weighted by Crippen LogP contribution is -2.33. The molecule has 1 aliphatic rings. The van der Waals surface area contributed by atoms with Crippen LogP contribution >= 0.6 is 23.2 Å². The minimum Gasteiger partial charge on any atom is -0.497 e. The van der Waals surface area contributed by atoms with Gasteiger partial charge in [0.1, 0.15) is 5.75 Å². The first kappa shape index (κ1) is 25.3. The van der Waals surface area contributed by atoms with Crippen molar-refractivity contribution in [3.63, 3.8) is 0 Å². The van der Waals surface area contributed by atoms with Gasteiger partial charge in [-0.2, -0.15) is 0 Å². The van der Waals surface area contributed by atoms with Crippen LogP contribution in [0, 0.1) is 0 Å². The van der Waals surface area contributed by atoms with Gasteiger partial charge in [-0.3, -0.25) is 9.52 Å². The van der Waals surface area contributed by atoms with E-state index >= 15 is 0 Å². The van der Waals surface area contributed by atoms with E-state index in [0.29, 0.717) is 18.8 Å². The van der Waals surface area contributed by atoms with E-state index in [4.69, 9.17) is 33.7 Å². The first-order valence-electron chi connectivity index (χ1n) is 10.9. The smallest absolute Gasteiger partial charge is 0.261 e. The maximum Gasteiger partial charge on any atom is 0.261 e. The fraction of sp³-hybridized carbons (Fsp3) is 0.240. The Labute approximate surface area is 214 Å². The standard InChI is InChI=1S/C25H25Cl2N3O4S/c1-34-19-8-4-17(5-9-19)21-14-30(15-24(21)28)25(31)12-16-2-6-18(7-3-16)29-35(32,33)20-10-11-22(26)23(27)13-20/h2-11,13,21,24,29H,12,14-15,28H2,1H3/t21-,24+/m0/s1. The second-order valence-corrected chi connectivity index (χ2v) is 10.9. The number of carbonyl (C=O) groups is 1. The zero-order valence-electron chi connectivity index (χ0n) is 18.9. The van der Waals surface area contributed by atoms with E-state index in [0.717, 1.165) is 16.9 Å². The predicted molar refractivity (Wildman–Crippen MR) is 138 cm³/mol. The van der Waals surface area contributed by atoms with Crippen LogP contribution in [0.15, 0.2) is 71.6 Å². The Kier molecular flexibility index (Phi) is 7.56. The van der Waals surface area contributed by atoms with E-state index in [-0.39, 0.29) is 39.2 Å². The zero-order chi connectivity index (χ0) is 25.2. The lowest BCUT2D eigenvalue weighted by molar-refractivity contribution is -0.129. The molecule has 3 aromatic rings. The van der Waals surface area contributed by atoms with Crippen LogP contribution in [0.1, 0.15) is 17.0 Å². The molecule has 10 heteroatoms. The zero-order valence-corrected chi connectivity index (χ0v) is 21.3. The molecule has 7 nitrogen and oxygen atoms in total. The van der Waals surface area contributed by atoms with E-state index in [1.54, 1.807) is 36.3 Å². The molecule has 1 heterocycles. The van der Waals surface area contributed by atoms with Gasteiger partial charge >= 0.3 is 0 Å². The number of sulfonamides is 1. The first-order valence-corrected chi connectivity index (χ1v) is 13.1. The number of likely N-dealkylation sites (tertiary alicyclic amines) is 1. The van der Waals surface area contributed by atoms with Crippen molar-refractivity contribution in [2.75, 3.05) is 24.9 Å². The average Bonchev–Trinajstić information content (AvgIpc) is 3.23. The summed E-state index contributed by atoms with van der Waals surface area (Å²) in [6.07, 6.45) is 0.196. The molecule has 184 valence electrons. The van der Waals surface area contributed by atoms with E-state index in [1.807, 2.05) is 24.3 Å². The van der Waals surface area contributed by atoms with E-state index in [1.165, 1.54) is 18.2 Å². The summed E-state index contributed by atoms with van der Waals surface area (Å²) in [7, 11) is -2.22. The van der Waals surface area contributed by atoms with Gasteiger partial charge < -0.3 is 15.4 Å². The summed E-state index contributed by atoms with van der Waals surface area (Å²) in [5, 5.41) is 0.424. The summed E-state index contributed by atoms with van der Waals surface area (Å²) in [6.45, 7) is 1.03. The highest BCUT2D eigenvalue weighted by atomic mass is 35.5. The summed E-state index contributed by atoms with van der Waals surface area (Å²) < 4.78 is 33.0. The molecule has 2 atom stereocenters. The van der Waals surface area contributed by atoms with Crippen molar-refractivity contribution in [2.45, 2.75) is 23.3 Å². The number of ether oxygens (including phenoxy) is 1. The second-order valence-electron chi connectivity index (χ2n) is 8.40. The highest BCUT2D eigenvalue weighted by Gasteiger charge is 2.33. The van der Waals surface area contributed by atoms with Crippen LogP contribution in [-0.4, -0.2) is 45.5 Å². The Balaban J connectivity index is 1.37. The molecule has 0 radical (unpaired) electrons. The number of rotatable bonds is 7. The van der Waals surface area contributed by atoms with Crippen molar-refractivity contribution in [1.82, 2.24) is 4.90 Å². The van der Waals surface area contributed by atoms with Crippen LogP contribution in [0.3, 0.4) is 0 Å². The normalized spacial score (nSPS) is 17.9. The molecule has 0 unspecified atom stereocenters. The third kappa shape index (κ3) is 5.90. The number of carbonyl (C=O) groups excluding carboxylic acids is 1. The molecule has 3 N–H and O–H groups in total. The van der Waals surface area contributed by atoms with Crippen molar-refractivity contribution in [1.29, 1.82) is 0 Å². The third-order valence-corrected chi connectivity index (χ3v) is 8.14. The minimum atomic E-state index is -3.83. The van der Waals surface area contributed by atoms with Crippen molar-refractivity contribution in [2.24, 2.45) is 5.73 Å². The molecule has 0 spiro atoms. The molecule has 35 heavy (non-hydrogen) atoms. The Morgan fingerprint density at radius 1 is 1.03 bits per heavy atom. The Morgan fingerprint density at radius 2 is 1.71 bits per heavy atom. The molecule has 3 aromatic carbocycles. The highest BCUT2D eigenvalue weighted by molar-refractivity contribution is 7.92. The van der Waals surface area contributed by atoms with Gasteiger partial charge in [0.05, 0.1) is 28.5 Å². The summed E-state index contributed by atoms with van der Waals surface area (Å²) >= 11 is 11.8. The molecule has 4 rings (SSSR count). The maximum absolute atomic E-state index is 12.9. The van der Waals surface area contributed by atoms with Crippen LogP contribution in [-0.2, 0) is 21.2 Å².